The number of hydrogen-bond donors (Lipinski definition) is 2. The van der Waals surface area contributed by atoms with E-state index in [0.717, 1.165) is 19.6 Å². The third kappa shape index (κ3) is 2.48. The molecular formula is C11H20N2OS. The molecule has 3 nitrogen and oxygen atoms in total. The molecule has 15 heavy (non-hydrogen) atoms. The number of hydrogen-bond acceptors (Lipinski definition) is 3. The van der Waals surface area contributed by atoms with Crippen molar-refractivity contribution < 1.29 is 4.79 Å². The summed E-state index contributed by atoms with van der Waals surface area (Å²) in [4.78, 5) is 11.9. The van der Waals surface area contributed by atoms with Crippen LogP contribution >= 0.6 is 11.8 Å². The number of thioether (sulfide) groups is 1. The molecule has 1 aliphatic heterocycles. The quantitative estimate of drug-likeness (QED) is 0.749. The van der Waals surface area contributed by atoms with E-state index in [1.807, 2.05) is 11.8 Å². The van der Waals surface area contributed by atoms with Crippen molar-refractivity contribution in [3.05, 3.63) is 0 Å². The van der Waals surface area contributed by atoms with E-state index >= 15 is 0 Å². The number of carbonyl (C=O) groups is 1. The fourth-order valence-electron chi connectivity index (χ4n) is 2.13. The normalized spacial score (nSPS) is 32.7. The number of nitrogens with one attached hydrogen (secondary N) is 2. The summed E-state index contributed by atoms with van der Waals surface area (Å²) in [5, 5.41) is 6.37. The van der Waals surface area contributed by atoms with Gasteiger partial charge in [0.15, 0.2) is 0 Å². The zero-order valence-corrected chi connectivity index (χ0v) is 10.3. The zero-order valence-electron chi connectivity index (χ0n) is 9.51. The first-order valence-electron chi connectivity index (χ1n) is 5.70. The first-order valence-corrected chi connectivity index (χ1v) is 6.93. The molecule has 1 heterocycles. The lowest BCUT2D eigenvalue weighted by Gasteiger charge is -2.17. The molecule has 0 aromatic heterocycles. The SMILES string of the molecule is CSC1(CNC(=O)[C@@H]2CNC[C@H]2C)CC1. The highest BCUT2D eigenvalue weighted by atomic mass is 32.2. The van der Waals surface area contributed by atoms with Gasteiger partial charge < -0.3 is 10.6 Å². The highest BCUT2D eigenvalue weighted by Gasteiger charge is 2.42. The lowest BCUT2D eigenvalue weighted by molar-refractivity contribution is -0.125. The molecule has 1 aliphatic carbocycles. The molecule has 86 valence electrons. The minimum Gasteiger partial charge on any atom is -0.354 e. The van der Waals surface area contributed by atoms with Crippen LogP contribution in [0.3, 0.4) is 0 Å². The Kier molecular flexibility index (Phi) is 3.26. The molecule has 2 atom stereocenters. The third-order valence-corrected chi connectivity index (χ3v) is 5.10. The Morgan fingerprint density at radius 3 is 2.73 bits per heavy atom. The predicted octanol–water partition coefficient (Wildman–Crippen LogP) is 0.854. The largest absolute Gasteiger partial charge is 0.354 e. The van der Waals surface area contributed by atoms with Crippen LogP contribution in [0.5, 0.6) is 0 Å². The summed E-state index contributed by atoms with van der Waals surface area (Å²) in [5.41, 5.74) is 0. The minimum absolute atomic E-state index is 0.183. The Labute approximate surface area is 95.8 Å². The van der Waals surface area contributed by atoms with E-state index in [9.17, 15) is 4.79 Å². The second-order valence-electron chi connectivity index (χ2n) is 4.85. The smallest absolute Gasteiger partial charge is 0.224 e. The van der Waals surface area contributed by atoms with E-state index in [1.165, 1.54) is 12.8 Å². The first kappa shape index (κ1) is 11.3. The van der Waals surface area contributed by atoms with Crippen LogP contribution in [-0.2, 0) is 4.79 Å². The molecule has 2 rings (SSSR count). The third-order valence-electron chi connectivity index (χ3n) is 3.68. The van der Waals surface area contributed by atoms with E-state index in [4.69, 9.17) is 0 Å². The highest BCUT2D eigenvalue weighted by molar-refractivity contribution is 8.00. The number of rotatable bonds is 4. The van der Waals surface area contributed by atoms with Crippen LogP contribution in [0.1, 0.15) is 19.8 Å². The highest BCUT2D eigenvalue weighted by Crippen LogP contribution is 2.46. The molecule has 2 fully saturated rings. The summed E-state index contributed by atoms with van der Waals surface area (Å²) in [7, 11) is 0. The van der Waals surface area contributed by atoms with Gasteiger partial charge in [0, 0.05) is 17.8 Å². The number of amides is 1. The molecule has 0 aromatic carbocycles. The lowest BCUT2D eigenvalue weighted by atomic mass is 9.97. The Morgan fingerprint density at radius 2 is 2.27 bits per heavy atom. The van der Waals surface area contributed by atoms with Gasteiger partial charge >= 0.3 is 0 Å². The van der Waals surface area contributed by atoms with Crippen LogP contribution in [0.2, 0.25) is 0 Å². The van der Waals surface area contributed by atoms with E-state index in [1.54, 1.807) is 0 Å². The van der Waals surface area contributed by atoms with Crippen molar-refractivity contribution >= 4 is 17.7 Å². The molecule has 0 radical (unpaired) electrons. The van der Waals surface area contributed by atoms with Crippen LogP contribution in [0, 0.1) is 11.8 Å². The molecule has 4 heteroatoms. The van der Waals surface area contributed by atoms with Crippen molar-refractivity contribution in [2.24, 2.45) is 11.8 Å². The van der Waals surface area contributed by atoms with E-state index in [2.05, 4.69) is 23.8 Å². The summed E-state index contributed by atoms with van der Waals surface area (Å²) in [5.74, 6) is 0.907. The lowest BCUT2D eigenvalue weighted by Crippen LogP contribution is -2.38. The minimum atomic E-state index is 0.183. The Hall–Kier alpha value is -0.220. The van der Waals surface area contributed by atoms with E-state index < -0.39 is 0 Å². The van der Waals surface area contributed by atoms with Gasteiger partial charge in [0.05, 0.1) is 5.92 Å². The number of carbonyl (C=O) groups excluding carboxylic acids is 1. The van der Waals surface area contributed by atoms with Crippen LogP contribution in [0.25, 0.3) is 0 Å². The summed E-state index contributed by atoms with van der Waals surface area (Å²) >= 11 is 1.89. The molecule has 0 spiro atoms. The van der Waals surface area contributed by atoms with Crippen molar-refractivity contribution in [1.29, 1.82) is 0 Å². The van der Waals surface area contributed by atoms with Crippen LogP contribution in [-0.4, -0.2) is 36.5 Å². The predicted molar refractivity (Wildman–Crippen MR) is 64.0 cm³/mol. The standard InChI is InChI=1S/C11H20N2OS/c1-8-5-12-6-9(8)10(14)13-7-11(15-2)3-4-11/h8-9,12H,3-7H2,1-2H3,(H,13,14)/t8-,9-/m1/s1. The van der Waals surface area contributed by atoms with Gasteiger partial charge in [-0.1, -0.05) is 6.92 Å². The summed E-state index contributed by atoms with van der Waals surface area (Å²) in [6.45, 7) is 4.83. The van der Waals surface area contributed by atoms with E-state index in [-0.39, 0.29) is 11.8 Å². The van der Waals surface area contributed by atoms with Crippen LogP contribution in [0.4, 0.5) is 0 Å². The van der Waals surface area contributed by atoms with E-state index in [0.29, 0.717) is 10.7 Å². The van der Waals surface area contributed by atoms with Gasteiger partial charge in [-0.05, 0) is 31.6 Å². The Morgan fingerprint density at radius 1 is 1.53 bits per heavy atom. The average Bonchev–Trinajstić information content (AvgIpc) is 2.91. The Balaban J connectivity index is 1.77. The molecule has 0 aromatic rings. The maximum atomic E-state index is 11.9. The topological polar surface area (TPSA) is 41.1 Å². The van der Waals surface area contributed by atoms with Gasteiger partial charge in [0.1, 0.15) is 0 Å². The van der Waals surface area contributed by atoms with Crippen LogP contribution < -0.4 is 10.6 Å². The van der Waals surface area contributed by atoms with Crippen molar-refractivity contribution in [2.75, 3.05) is 25.9 Å². The van der Waals surface area contributed by atoms with Gasteiger partial charge in [-0.25, -0.2) is 0 Å². The molecule has 0 bridgehead atoms. The second kappa shape index (κ2) is 4.34. The average molecular weight is 228 g/mol. The van der Waals surface area contributed by atoms with Gasteiger partial charge in [0.25, 0.3) is 0 Å². The van der Waals surface area contributed by atoms with Crippen molar-refractivity contribution in [3.63, 3.8) is 0 Å². The summed E-state index contributed by atoms with van der Waals surface area (Å²) in [6, 6.07) is 0. The molecule has 2 N–H and O–H groups in total. The van der Waals surface area contributed by atoms with Gasteiger partial charge in [-0.2, -0.15) is 11.8 Å². The second-order valence-corrected chi connectivity index (χ2v) is 6.12. The summed E-state index contributed by atoms with van der Waals surface area (Å²) in [6.07, 6.45) is 4.65. The molecule has 1 amide bonds. The molecule has 1 saturated carbocycles. The molecule has 2 aliphatic rings. The fraction of sp³-hybridized carbons (Fsp3) is 0.909. The van der Waals surface area contributed by atoms with Gasteiger partial charge in [0.2, 0.25) is 5.91 Å². The molecule has 1 saturated heterocycles. The van der Waals surface area contributed by atoms with Gasteiger partial charge in [-0.3, -0.25) is 4.79 Å². The van der Waals surface area contributed by atoms with Gasteiger partial charge in [-0.15, -0.1) is 0 Å². The van der Waals surface area contributed by atoms with Crippen molar-refractivity contribution in [3.8, 4) is 0 Å². The fourth-order valence-corrected chi connectivity index (χ4v) is 2.86. The molecular weight excluding hydrogens is 208 g/mol. The first-order chi connectivity index (χ1) is 7.17. The monoisotopic (exact) mass is 228 g/mol. The van der Waals surface area contributed by atoms with Crippen molar-refractivity contribution in [1.82, 2.24) is 10.6 Å². The zero-order chi connectivity index (χ0) is 10.9. The van der Waals surface area contributed by atoms with Crippen molar-refractivity contribution in [2.45, 2.75) is 24.5 Å². The molecule has 0 unspecified atom stereocenters. The maximum Gasteiger partial charge on any atom is 0.224 e. The van der Waals surface area contributed by atoms with Crippen LogP contribution in [0.15, 0.2) is 0 Å². The summed E-state index contributed by atoms with van der Waals surface area (Å²) < 4.78 is 0.380. The Bertz CT molecular complexity index is 253. The maximum absolute atomic E-state index is 11.9.